The quantitative estimate of drug-likeness (QED) is 0.591. The lowest BCUT2D eigenvalue weighted by Crippen LogP contribution is -2.32. The van der Waals surface area contributed by atoms with Crippen LogP contribution in [-0.2, 0) is 20.5 Å². The lowest BCUT2D eigenvalue weighted by Gasteiger charge is -2.25. The van der Waals surface area contributed by atoms with Crippen molar-refractivity contribution < 1.29 is 13.7 Å². The molecule has 0 N–H and O–H groups in total. The van der Waals surface area contributed by atoms with Gasteiger partial charge in [0, 0.05) is 0 Å². The molecule has 0 amide bonds. The van der Waals surface area contributed by atoms with Gasteiger partial charge in [-0.2, -0.15) is 4.31 Å². The molecule has 2 fully saturated rings. The zero-order chi connectivity index (χ0) is 14.3. The van der Waals surface area contributed by atoms with Gasteiger partial charge in [0.15, 0.2) is 0 Å². The van der Waals surface area contributed by atoms with Gasteiger partial charge in [0.2, 0.25) is 0 Å². The summed E-state index contributed by atoms with van der Waals surface area (Å²) in [6.07, 6.45) is 5.39. The predicted octanol–water partition coefficient (Wildman–Crippen LogP) is 2.40. The minimum atomic E-state index is -1.14. The molecule has 0 bridgehead atoms. The molecule has 110 valence electrons. The maximum atomic E-state index is 12.6. The number of rotatable bonds is 3. The van der Waals surface area contributed by atoms with E-state index >= 15 is 0 Å². The standard InChI is InChI=1S/C14H25NO3S/c1-5-18-12(16)11-14(9-7-6-8-10-14)15(11)19(17)13(2,3)4/h11H,5-10H2,1-4H3/t11-,15?,19?/m1/s1. The van der Waals surface area contributed by atoms with Gasteiger partial charge in [-0.05, 0) is 40.5 Å². The summed E-state index contributed by atoms with van der Waals surface area (Å²) in [6.45, 7) is 8.08. The fraction of sp³-hybridized carbons (Fsp3) is 0.929. The Kier molecular flexibility index (Phi) is 4.07. The Morgan fingerprint density at radius 3 is 2.37 bits per heavy atom. The molecule has 1 aliphatic heterocycles. The van der Waals surface area contributed by atoms with E-state index in [2.05, 4.69) is 0 Å². The highest BCUT2D eigenvalue weighted by molar-refractivity contribution is 7.84. The van der Waals surface area contributed by atoms with E-state index in [9.17, 15) is 9.00 Å². The number of ether oxygens (including phenoxy) is 1. The van der Waals surface area contributed by atoms with Crippen molar-refractivity contribution in [2.45, 2.75) is 76.1 Å². The van der Waals surface area contributed by atoms with Crippen LogP contribution in [0.15, 0.2) is 0 Å². The van der Waals surface area contributed by atoms with Crippen LogP contribution in [0, 0.1) is 0 Å². The van der Waals surface area contributed by atoms with Crippen molar-refractivity contribution in [3.8, 4) is 0 Å². The summed E-state index contributed by atoms with van der Waals surface area (Å²) in [7, 11) is -1.14. The van der Waals surface area contributed by atoms with Crippen LogP contribution in [0.1, 0.15) is 59.8 Å². The number of carbonyl (C=O) groups excluding carboxylic acids is 1. The van der Waals surface area contributed by atoms with Gasteiger partial charge < -0.3 is 4.74 Å². The number of esters is 1. The first-order chi connectivity index (χ1) is 8.84. The minimum absolute atomic E-state index is 0.178. The lowest BCUT2D eigenvalue weighted by molar-refractivity contribution is -0.143. The minimum Gasteiger partial charge on any atom is -0.465 e. The largest absolute Gasteiger partial charge is 0.465 e. The summed E-state index contributed by atoms with van der Waals surface area (Å²) in [5.74, 6) is -0.193. The molecule has 2 aliphatic rings. The number of carbonyl (C=O) groups is 1. The van der Waals surface area contributed by atoms with E-state index < -0.39 is 11.0 Å². The zero-order valence-corrected chi connectivity index (χ0v) is 13.2. The second-order valence-corrected chi connectivity index (χ2v) is 8.62. The molecule has 0 aromatic heterocycles. The first-order valence-corrected chi connectivity index (χ1v) is 8.33. The molecule has 19 heavy (non-hydrogen) atoms. The van der Waals surface area contributed by atoms with Crippen LogP contribution in [-0.4, -0.2) is 37.4 Å². The SMILES string of the molecule is CCOC(=O)[C@H]1N(S(=O)C(C)(C)C)C12CCCCC2. The summed E-state index contributed by atoms with van der Waals surface area (Å²) < 4.78 is 19.4. The maximum Gasteiger partial charge on any atom is 0.326 e. The van der Waals surface area contributed by atoms with Gasteiger partial charge in [0.1, 0.15) is 17.0 Å². The molecule has 3 atom stereocenters. The average Bonchev–Trinajstić information content (AvgIpc) is 2.95. The van der Waals surface area contributed by atoms with Crippen LogP contribution < -0.4 is 0 Å². The van der Waals surface area contributed by atoms with Crippen LogP contribution >= 0.6 is 0 Å². The van der Waals surface area contributed by atoms with Gasteiger partial charge in [0.05, 0.1) is 16.9 Å². The topological polar surface area (TPSA) is 46.4 Å². The molecular weight excluding hydrogens is 262 g/mol. The second-order valence-electron chi connectivity index (χ2n) is 6.51. The summed E-state index contributed by atoms with van der Waals surface area (Å²) >= 11 is 0. The molecule has 1 saturated carbocycles. The van der Waals surface area contributed by atoms with Crippen molar-refractivity contribution in [3.63, 3.8) is 0 Å². The van der Waals surface area contributed by atoms with Gasteiger partial charge in [-0.3, -0.25) is 4.79 Å². The van der Waals surface area contributed by atoms with Gasteiger partial charge >= 0.3 is 5.97 Å². The Morgan fingerprint density at radius 2 is 1.89 bits per heavy atom. The Hall–Kier alpha value is -0.420. The van der Waals surface area contributed by atoms with Crippen molar-refractivity contribution in [1.29, 1.82) is 0 Å². The fourth-order valence-electron chi connectivity index (χ4n) is 3.09. The van der Waals surface area contributed by atoms with E-state index in [1.165, 1.54) is 6.42 Å². The average molecular weight is 287 g/mol. The van der Waals surface area contributed by atoms with Crippen molar-refractivity contribution in [1.82, 2.24) is 4.31 Å². The molecule has 0 aromatic rings. The molecule has 2 unspecified atom stereocenters. The molecule has 0 aromatic carbocycles. The first-order valence-electron chi connectivity index (χ1n) is 7.22. The van der Waals surface area contributed by atoms with E-state index in [-0.39, 0.29) is 22.3 Å². The van der Waals surface area contributed by atoms with Crippen LogP contribution in [0.4, 0.5) is 0 Å². The van der Waals surface area contributed by atoms with Crippen LogP contribution in [0.3, 0.4) is 0 Å². The van der Waals surface area contributed by atoms with Gasteiger partial charge in [-0.15, -0.1) is 0 Å². The highest BCUT2D eigenvalue weighted by Crippen LogP contribution is 2.54. The molecule has 1 heterocycles. The third-order valence-corrected chi connectivity index (χ3v) is 6.03. The normalized spacial score (nSPS) is 30.9. The molecule has 5 heteroatoms. The molecule has 1 aliphatic carbocycles. The second kappa shape index (κ2) is 5.17. The Balaban J connectivity index is 2.20. The third kappa shape index (κ3) is 2.59. The van der Waals surface area contributed by atoms with E-state index in [4.69, 9.17) is 4.74 Å². The van der Waals surface area contributed by atoms with Gasteiger partial charge in [-0.25, -0.2) is 4.21 Å². The third-order valence-electron chi connectivity index (χ3n) is 4.05. The molecule has 1 saturated heterocycles. The monoisotopic (exact) mass is 287 g/mol. The molecular formula is C14H25NO3S. The zero-order valence-electron chi connectivity index (χ0n) is 12.4. The Bertz CT molecular complexity index is 383. The smallest absolute Gasteiger partial charge is 0.326 e. The highest BCUT2D eigenvalue weighted by atomic mass is 32.2. The van der Waals surface area contributed by atoms with Crippen LogP contribution in [0.2, 0.25) is 0 Å². The predicted molar refractivity (Wildman–Crippen MR) is 76.0 cm³/mol. The van der Waals surface area contributed by atoms with E-state index in [0.717, 1.165) is 25.7 Å². The first kappa shape index (κ1) is 15.0. The molecule has 2 rings (SSSR count). The Labute approximate surface area is 118 Å². The van der Waals surface area contributed by atoms with Crippen molar-refractivity contribution in [2.24, 2.45) is 0 Å². The molecule has 0 radical (unpaired) electrons. The molecule has 1 spiro atoms. The van der Waals surface area contributed by atoms with Gasteiger partial charge in [0.25, 0.3) is 0 Å². The van der Waals surface area contributed by atoms with Crippen molar-refractivity contribution >= 4 is 17.0 Å². The van der Waals surface area contributed by atoms with Crippen molar-refractivity contribution in [3.05, 3.63) is 0 Å². The van der Waals surface area contributed by atoms with E-state index in [1.54, 1.807) is 0 Å². The number of hydrogen-bond acceptors (Lipinski definition) is 3. The summed E-state index contributed by atoms with van der Waals surface area (Å²) in [4.78, 5) is 12.1. The van der Waals surface area contributed by atoms with E-state index in [1.807, 2.05) is 32.0 Å². The summed E-state index contributed by atoms with van der Waals surface area (Å²) in [5.41, 5.74) is -0.178. The summed E-state index contributed by atoms with van der Waals surface area (Å²) in [5, 5.41) is 0. The fourth-order valence-corrected chi connectivity index (χ4v) is 4.72. The highest BCUT2D eigenvalue weighted by Gasteiger charge is 2.70. The van der Waals surface area contributed by atoms with Gasteiger partial charge in [-0.1, -0.05) is 19.3 Å². The lowest BCUT2D eigenvalue weighted by atomic mass is 9.86. The Morgan fingerprint density at radius 1 is 1.32 bits per heavy atom. The van der Waals surface area contributed by atoms with Crippen LogP contribution in [0.25, 0.3) is 0 Å². The maximum absolute atomic E-state index is 12.6. The van der Waals surface area contributed by atoms with E-state index in [0.29, 0.717) is 6.61 Å². The number of nitrogens with zero attached hydrogens (tertiary/aromatic N) is 1. The summed E-state index contributed by atoms with van der Waals surface area (Å²) in [6, 6.07) is -0.284. The number of hydrogen-bond donors (Lipinski definition) is 0. The van der Waals surface area contributed by atoms with Crippen LogP contribution in [0.5, 0.6) is 0 Å². The van der Waals surface area contributed by atoms with Crippen molar-refractivity contribution in [2.75, 3.05) is 6.61 Å². The molecule has 4 nitrogen and oxygen atoms in total.